The zero-order valence-corrected chi connectivity index (χ0v) is 20.6. The van der Waals surface area contributed by atoms with E-state index in [1.54, 1.807) is 50.6 Å². The number of methoxy groups -OCH3 is 2. The normalized spacial score (nSPS) is 11.2. The van der Waals surface area contributed by atoms with Crippen molar-refractivity contribution in [2.45, 2.75) is 13.1 Å². The van der Waals surface area contributed by atoms with Gasteiger partial charge >= 0.3 is 12.2 Å². The van der Waals surface area contributed by atoms with Gasteiger partial charge in [-0.05, 0) is 61.5 Å². The summed E-state index contributed by atoms with van der Waals surface area (Å²) in [7, 11) is 3.10. The molecule has 0 saturated heterocycles. The second-order valence-electron chi connectivity index (χ2n) is 7.87. The standard InChI is InChI=1S/C26H21ClF3N3O4/c1-14-22(10-15-11-23(35-2)24(36-3)13-21(15)31-14)37-18-7-4-16(5-8-18)32-25(34)33-17-6-9-20(27)19(12-17)26(28,29)30/h4-13H,1-3H3,(H2,32,33,34). The summed E-state index contributed by atoms with van der Waals surface area (Å²) in [5.41, 5.74) is 0.686. The first-order valence-corrected chi connectivity index (χ1v) is 11.2. The van der Waals surface area contributed by atoms with Gasteiger partial charge in [-0.2, -0.15) is 13.2 Å². The van der Waals surface area contributed by atoms with Crippen LogP contribution in [0.25, 0.3) is 10.9 Å². The van der Waals surface area contributed by atoms with Gasteiger partial charge in [-0.1, -0.05) is 11.6 Å². The molecule has 3 aromatic carbocycles. The third kappa shape index (κ3) is 5.97. The van der Waals surface area contributed by atoms with Crippen LogP contribution in [0.2, 0.25) is 5.02 Å². The SMILES string of the molecule is COc1cc2cc(Oc3ccc(NC(=O)Nc4ccc(Cl)c(C(F)(F)F)c4)cc3)c(C)nc2cc1OC. The van der Waals surface area contributed by atoms with Gasteiger partial charge in [0.05, 0.1) is 36.0 Å². The Labute approximate surface area is 215 Å². The van der Waals surface area contributed by atoms with E-state index in [4.69, 9.17) is 25.8 Å². The van der Waals surface area contributed by atoms with Crippen LogP contribution in [-0.4, -0.2) is 25.2 Å². The summed E-state index contributed by atoms with van der Waals surface area (Å²) >= 11 is 5.61. The fourth-order valence-corrected chi connectivity index (χ4v) is 3.75. The summed E-state index contributed by atoms with van der Waals surface area (Å²) in [4.78, 5) is 16.9. The first-order chi connectivity index (χ1) is 17.6. The number of nitrogens with zero attached hydrogens (tertiary/aromatic N) is 1. The van der Waals surface area contributed by atoms with E-state index in [1.165, 1.54) is 6.07 Å². The Morgan fingerprint density at radius 3 is 2.11 bits per heavy atom. The van der Waals surface area contributed by atoms with Crippen molar-refractivity contribution >= 4 is 39.9 Å². The molecule has 0 aliphatic heterocycles. The van der Waals surface area contributed by atoms with Crippen molar-refractivity contribution in [1.82, 2.24) is 4.98 Å². The molecule has 7 nitrogen and oxygen atoms in total. The van der Waals surface area contributed by atoms with Gasteiger partial charge in [0, 0.05) is 22.8 Å². The molecule has 37 heavy (non-hydrogen) atoms. The fourth-order valence-electron chi connectivity index (χ4n) is 3.53. The molecule has 4 rings (SSSR count). The minimum absolute atomic E-state index is 0.0530. The van der Waals surface area contributed by atoms with Crippen molar-refractivity contribution in [3.8, 4) is 23.0 Å². The zero-order chi connectivity index (χ0) is 26.7. The molecule has 0 atom stereocenters. The molecule has 0 aliphatic rings. The lowest BCUT2D eigenvalue weighted by Crippen LogP contribution is -2.19. The minimum Gasteiger partial charge on any atom is -0.493 e. The van der Waals surface area contributed by atoms with Crippen molar-refractivity contribution in [3.05, 3.63) is 76.9 Å². The number of rotatable bonds is 6. The van der Waals surface area contributed by atoms with E-state index >= 15 is 0 Å². The van der Waals surface area contributed by atoms with E-state index in [0.29, 0.717) is 34.4 Å². The number of anilines is 2. The maximum absolute atomic E-state index is 13.0. The van der Waals surface area contributed by atoms with Gasteiger partial charge < -0.3 is 24.8 Å². The molecule has 0 saturated carbocycles. The Bertz CT molecular complexity index is 1460. The summed E-state index contributed by atoms with van der Waals surface area (Å²) in [6.45, 7) is 1.81. The van der Waals surface area contributed by atoms with E-state index in [1.807, 2.05) is 13.0 Å². The van der Waals surface area contributed by atoms with Crippen molar-refractivity contribution in [3.63, 3.8) is 0 Å². The van der Waals surface area contributed by atoms with Crippen molar-refractivity contribution in [2.24, 2.45) is 0 Å². The van der Waals surface area contributed by atoms with Crippen molar-refractivity contribution in [2.75, 3.05) is 24.9 Å². The van der Waals surface area contributed by atoms with Crippen LogP contribution in [-0.2, 0) is 6.18 Å². The van der Waals surface area contributed by atoms with Crippen LogP contribution in [0.3, 0.4) is 0 Å². The maximum atomic E-state index is 13.0. The number of urea groups is 1. The summed E-state index contributed by atoms with van der Waals surface area (Å²) in [5, 5.41) is 5.26. The predicted octanol–water partition coefficient (Wildman–Crippen LogP) is 7.67. The number of amides is 2. The molecule has 2 amide bonds. The third-order valence-electron chi connectivity index (χ3n) is 5.33. The summed E-state index contributed by atoms with van der Waals surface area (Å²) in [6, 6.07) is 14.3. The number of fused-ring (bicyclic) bond motifs is 1. The number of hydrogen-bond acceptors (Lipinski definition) is 5. The van der Waals surface area contributed by atoms with E-state index in [9.17, 15) is 18.0 Å². The number of carbonyl (C=O) groups is 1. The van der Waals surface area contributed by atoms with Gasteiger partial charge in [-0.3, -0.25) is 0 Å². The Balaban J connectivity index is 1.45. The van der Waals surface area contributed by atoms with E-state index in [0.717, 1.165) is 23.0 Å². The van der Waals surface area contributed by atoms with Gasteiger partial charge in [-0.25, -0.2) is 9.78 Å². The average molecular weight is 532 g/mol. The largest absolute Gasteiger partial charge is 0.493 e. The molecule has 2 N–H and O–H groups in total. The van der Waals surface area contributed by atoms with Gasteiger partial charge in [0.15, 0.2) is 11.5 Å². The smallest absolute Gasteiger partial charge is 0.417 e. The molecule has 4 aromatic rings. The van der Waals surface area contributed by atoms with Crippen molar-refractivity contribution in [1.29, 1.82) is 0 Å². The molecular formula is C26H21ClF3N3O4. The Hall–Kier alpha value is -4.18. The number of alkyl halides is 3. The second-order valence-corrected chi connectivity index (χ2v) is 8.28. The second kappa shape index (κ2) is 10.4. The highest BCUT2D eigenvalue weighted by molar-refractivity contribution is 6.31. The predicted molar refractivity (Wildman–Crippen MR) is 135 cm³/mol. The number of benzene rings is 3. The molecule has 0 spiro atoms. The first kappa shape index (κ1) is 25.9. The Morgan fingerprint density at radius 1 is 0.865 bits per heavy atom. The number of nitrogens with one attached hydrogen (secondary N) is 2. The lowest BCUT2D eigenvalue weighted by molar-refractivity contribution is -0.137. The molecular weight excluding hydrogens is 511 g/mol. The monoisotopic (exact) mass is 531 g/mol. The molecule has 0 radical (unpaired) electrons. The van der Waals surface area contributed by atoms with Gasteiger partial charge in [0.2, 0.25) is 0 Å². The van der Waals surface area contributed by atoms with Gasteiger partial charge in [-0.15, -0.1) is 0 Å². The van der Waals surface area contributed by atoms with Gasteiger partial charge in [0.25, 0.3) is 0 Å². The van der Waals surface area contributed by atoms with Crippen LogP contribution in [0.5, 0.6) is 23.0 Å². The Morgan fingerprint density at radius 2 is 1.46 bits per heavy atom. The number of aromatic nitrogens is 1. The van der Waals surface area contributed by atoms with Crippen LogP contribution in [0.4, 0.5) is 29.3 Å². The summed E-state index contributed by atoms with van der Waals surface area (Å²) in [5.74, 6) is 2.15. The zero-order valence-electron chi connectivity index (χ0n) is 19.9. The Kier molecular flexibility index (Phi) is 7.30. The topological polar surface area (TPSA) is 81.7 Å². The number of halogens is 4. The number of hydrogen-bond donors (Lipinski definition) is 2. The summed E-state index contributed by atoms with van der Waals surface area (Å²) < 4.78 is 55.8. The molecule has 192 valence electrons. The highest BCUT2D eigenvalue weighted by Gasteiger charge is 2.33. The van der Waals surface area contributed by atoms with Crippen LogP contribution >= 0.6 is 11.6 Å². The molecule has 0 unspecified atom stereocenters. The number of carbonyl (C=O) groups excluding carboxylic acids is 1. The minimum atomic E-state index is -4.64. The number of aryl methyl sites for hydroxylation is 1. The average Bonchev–Trinajstić information content (AvgIpc) is 2.85. The highest BCUT2D eigenvalue weighted by atomic mass is 35.5. The fraction of sp³-hybridized carbons (Fsp3) is 0.154. The van der Waals surface area contributed by atoms with Crippen molar-refractivity contribution < 1.29 is 32.2 Å². The van der Waals surface area contributed by atoms with Crippen LogP contribution in [0.1, 0.15) is 11.3 Å². The molecule has 0 aliphatic carbocycles. The molecule has 0 fully saturated rings. The summed E-state index contributed by atoms with van der Waals surface area (Å²) in [6.07, 6.45) is -4.64. The van der Waals surface area contributed by atoms with E-state index in [2.05, 4.69) is 15.6 Å². The quantitative estimate of drug-likeness (QED) is 0.267. The maximum Gasteiger partial charge on any atom is 0.417 e. The van der Waals surface area contributed by atoms with Crippen LogP contribution in [0, 0.1) is 6.92 Å². The molecule has 0 bridgehead atoms. The van der Waals surface area contributed by atoms with Crippen LogP contribution < -0.4 is 24.8 Å². The number of pyridine rings is 1. The molecule has 11 heteroatoms. The van der Waals surface area contributed by atoms with Crippen LogP contribution in [0.15, 0.2) is 60.7 Å². The molecule has 1 heterocycles. The van der Waals surface area contributed by atoms with E-state index < -0.39 is 22.8 Å². The lowest BCUT2D eigenvalue weighted by Gasteiger charge is -2.13. The highest BCUT2D eigenvalue weighted by Crippen LogP contribution is 2.37. The van der Waals surface area contributed by atoms with Gasteiger partial charge in [0.1, 0.15) is 11.5 Å². The molecule has 1 aromatic heterocycles. The first-order valence-electron chi connectivity index (χ1n) is 10.8. The number of ether oxygens (including phenoxy) is 3. The third-order valence-corrected chi connectivity index (χ3v) is 5.66. The lowest BCUT2D eigenvalue weighted by atomic mass is 10.1. The van der Waals surface area contributed by atoms with E-state index in [-0.39, 0.29) is 5.69 Å².